The Labute approximate surface area is 177 Å². The first-order chi connectivity index (χ1) is 14.6. The van der Waals surface area contributed by atoms with Gasteiger partial charge in [-0.1, -0.05) is 30.4 Å². The van der Waals surface area contributed by atoms with Gasteiger partial charge >= 0.3 is 0 Å². The average molecular weight is 402 g/mol. The van der Waals surface area contributed by atoms with Crippen LogP contribution in [0.5, 0.6) is 5.75 Å². The van der Waals surface area contributed by atoms with Crippen molar-refractivity contribution < 1.29 is 14.6 Å². The first-order valence-electron chi connectivity index (χ1n) is 9.91. The van der Waals surface area contributed by atoms with Crippen LogP contribution in [0.1, 0.15) is 23.4 Å². The number of carbonyl (C=O) groups is 1. The number of aliphatic hydroxyl groups excluding tert-OH is 1. The molecule has 0 saturated heterocycles. The van der Waals surface area contributed by atoms with Gasteiger partial charge in [-0.15, -0.1) is 0 Å². The predicted octanol–water partition coefficient (Wildman–Crippen LogP) is 4.09. The molecule has 1 atom stereocenters. The zero-order chi connectivity index (χ0) is 21.2. The summed E-state index contributed by atoms with van der Waals surface area (Å²) in [6.45, 7) is 0.536. The van der Waals surface area contributed by atoms with E-state index in [4.69, 9.17) is 4.74 Å². The maximum Gasteiger partial charge on any atom is 0.158 e. The molecule has 154 valence electrons. The Morgan fingerprint density at radius 1 is 1.17 bits per heavy atom. The lowest BCUT2D eigenvalue weighted by Gasteiger charge is -2.07. The molecule has 0 saturated carbocycles. The SMILES string of the molecule is Cn1cccc1/C=C/C(=O)CC(O)/C=C/c1cccc(OCCc2ccccn2)c1. The Morgan fingerprint density at radius 3 is 2.83 bits per heavy atom. The fraction of sp³-hybridized carbons (Fsp3) is 0.200. The number of carbonyl (C=O) groups excluding carboxylic acids is 1. The molecule has 3 aromatic rings. The quantitative estimate of drug-likeness (QED) is 0.519. The molecule has 30 heavy (non-hydrogen) atoms. The van der Waals surface area contributed by atoms with Crippen molar-refractivity contribution in [2.24, 2.45) is 7.05 Å². The molecule has 5 heteroatoms. The van der Waals surface area contributed by atoms with Crippen LogP contribution < -0.4 is 4.74 Å². The molecule has 1 aromatic carbocycles. The van der Waals surface area contributed by atoms with Crippen LogP contribution in [0.2, 0.25) is 0 Å². The molecule has 2 heterocycles. The Hall–Kier alpha value is -3.44. The maximum atomic E-state index is 12.0. The summed E-state index contributed by atoms with van der Waals surface area (Å²) < 4.78 is 7.72. The fourth-order valence-electron chi connectivity index (χ4n) is 2.92. The summed E-state index contributed by atoms with van der Waals surface area (Å²) in [5.41, 5.74) is 2.83. The summed E-state index contributed by atoms with van der Waals surface area (Å²) in [4.78, 5) is 16.3. The fourth-order valence-corrected chi connectivity index (χ4v) is 2.92. The molecule has 0 radical (unpaired) electrons. The lowest BCUT2D eigenvalue weighted by atomic mass is 10.1. The summed E-state index contributed by atoms with van der Waals surface area (Å²) in [6.07, 6.45) is 10.3. The van der Waals surface area contributed by atoms with E-state index in [0.29, 0.717) is 6.61 Å². The van der Waals surface area contributed by atoms with Gasteiger partial charge in [0, 0.05) is 43.7 Å². The van der Waals surface area contributed by atoms with Crippen LogP contribution in [0.4, 0.5) is 0 Å². The molecule has 0 fully saturated rings. The molecule has 5 nitrogen and oxygen atoms in total. The predicted molar refractivity (Wildman–Crippen MR) is 119 cm³/mol. The highest BCUT2D eigenvalue weighted by Crippen LogP contribution is 2.15. The van der Waals surface area contributed by atoms with Crippen molar-refractivity contribution in [3.8, 4) is 5.75 Å². The van der Waals surface area contributed by atoms with E-state index in [2.05, 4.69) is 4.98 Å². The second kappa shape index (κ2) is 10.9. The number of aryl methyl sites for hydroxylation is 1. The molecule has 0 aliphatic heterocycles. The Bertz CT molecular complexity index is 1010. The van der Waals surface area contributed by atoms with Crippen LogP contribution >= 0.6 is 0 Å². The molecular weight excluding hydrogens is 376 g/mol. The minimum Gasteiger partial charge on any atom is -0.493 e. The third-order valence-corrected chi connectivity index (χ3v) is 4.56. The summed E-state index contributed by atoms with van der Waals surface area (Å²) in [7, 11) is 1.91. The van der Waals surface area contributed by atoms with Crippen LogP contribution in [-0.4, -0.2) is 33.2 Å². The third kappa shape index (κ3) is 6.87. The number of hydrogen-bond acceptors (Lipinski definition) is 4. The largest absolute Gasteiger partial charge is 0.493 e. The number of aromatic nitrogens is 2. The molecule has 3 rings (SSSR count). The number of allylic oxidation sites excluding steroid dienone is 1. The lowest BCUT2D eigenvalue weighted by Crippen LogP contribution is -2.08. The summed E-state index contributed by atoms with van der Waals surface area (Å²) >= 11 is 0. The number of ketones is 1. The van der Waals surface area contributed by atoms with E-state index in [1.807, 2.05) is 72.4 Å². The van der Waals surface area contributed by atoms with E-state index in [1.54, 1.807) is 24.4 Å². The number of pyridine rings is 1. The van der Waals surface area contributed by atoms with Crippen molar-refractivity contribution in [1.82, 2.24) is 9.55 Å². The highest BCUT2D eigenvalue weighted by Gasteiger charge is 2.05. The molecule has 2 aromatic heterocycles. The number of rotatable bonds is 10. The molecule has 1 N–H and O–H groups in total. The van der Waals surface area contributed by atoms with E-state index >= 15 is 0 Å². The maximum absolute atomic E-state index is 12.0. The first kappa shape index (κ1) is 21.3. The van der Waals surface area contributed by atoms with Crippen molar-refractivity contribution in [2.45, 2.75) is 18.9 Å². The minimum absolute atomic E-state index is 0.0394. The second-order valence-electron chi connectivity index (χ2n) is 6.97. The molecule has 0 bridgehead atoms. The lowest BCUT2D eigenvalue weighted by molar-refractivity contribution is -0.115. The van der Waals surface area contributed by atoms with Gasteiger partial charge in [-0.3, -0.25) is 9.78 Å². The van der Waals surface area contributed by atoms with E-state index in [1.165, 1.54) is 6.08 Å². The van der Waals surface area contributed by atoms with Gasteiger partial charge in [0.25, 0.3) is 0 Å². The van der Waals surface area contributed by atoms with Crippen LogP contribution in [0, 0.1) is 0 Å². The zero-order valence-electron chi connectivity index (χ0n) is 17.0. The van der Waals surface area contributed by atoms with Gasteiger partial charge in [-0.05, 0) is 54.1 Å². The van der Waals surface area contributed by atoms with Crippen molar-refractivity contribution in [3.05, 3.63) is 96.1 Å². The molecule has 0 aliphatic carbocycles. The normalized spacial score (nSPS) is 12.5. The minimum atomic E-state index is -0.843. The monoisotopic (exact) mass is 402 g/mol. The first-order valence-corrected chi connectivity index (χ1v) is 9.91. The zero-order valence-corrected chi connectivity index (χ0v) is 17.0. The Balaban J connectivity index is 1.47. The van der Waals surface area contributed by atoms with Crippen molar-refractivity contribution in [1.29, 1.82) is 0 Å². The number of hydrogen-bond donors (Lipinski definition) is 1. The van der Waals surface area contributed by atoms with E-state index in [0.717, 1.165) is 29.1 Å². The van der Waals surface area contributed by atoms with Gasteiger partial charge in [-0.2, -0.15) is 0 Å². The highest BCUT2D eigenvalue weighted by molar-refractivity contribution is 5.93. The number of nitrogens with zero attached hydrogens (tertiary/aromatic N) is 2. The molecule has 0 amide bonds. The summed E-state index contributed by atoms with van der Waals surface area (Å²) in [5, 5.41) is 10.1. The van der Waals surface area contributed by atoms with E-state index < -0.39 is 6.10 Å². The van der Waals surface area contributed by atoms with Crippen LogP contribution in [0.3, 0.4) is 0 Å². The van der Waals surface area contributed by atoms with Gasteiger partial charge in [-0.25, -0.2) is 0 Å². The number of benzene rings is 1. The van der Waals surface area contributed by atoms with Gasteiger partial charge in [0.1, 0.15) is 5.75 Å². The smallest absolute Gasteiger partial charge is 0.158 e. The van der Waals surface area contributed by atoms with Crippen LogP contribution in [0.25, 0.3) is 12.2 Å². The Morgan fingerprint density at radius 2 is 2.07 bits per heavy atom. The van der Waals surface area contributed by atoms with Gasteiger partial charge in [0.05, 0.1) is 12.7 Å². The van der Waals surface area contributed by atoms with Crippen molar-refractivity contribution in [2.75, 3.05) is 6.61 Å². The molecule has 0 aliphatic rings. The van der Waals surface area contributed by atoms with E-state index in [-0.39, 0.29) is 12.2 Å². The van der Waals surface area contributed by atoms with Crippen molar-refractivity contribution in [3.63, 3.8) is 0 Å². The van der Waals surface area contributed by atoms with Crippen LogP contribution in [0.15, 0.2) is 79.1 Å². The number of aliphatic hydroxyl groups is 1. The van der Waals surface area contributed by atoms with E-state index in [9.17, 15) is 9.90 Å². The third-order valence-electron chi connectivity index (χ3n) is 4.56. The van der Waals surface area contributed by atoms with Crippen molar-refractivity contribution >= 4 is 17.9 Å². The standard InChI is InChI=1S/C25H26N2O3/c1-27-16-5-8-22(27)11-13-24(29)19-23(28)12-10-20-6-4-9-25(18-20)30-17-14-21-7-2-3-15-26-21/h2-13,15-16,18,23,28H,14,17,19H2,1H3/b12-10+,13-11+. The average Bonchev–Trinajstić information content (AvgIpc) is 3.17. The molecule has 0 spiro atoms. The van der Waals surface area contributed by atoms with Gasteiger partial charge in [0.2, 0.25) is 0 Å². The Kier molecular flexibility index (Phi) is 7.75. The number of ether oxygens (including phenoxy) is 1. The molecular formula is C25H26N2O3. The van der Waals surface area contributed by atoms with Gasteiger partial charge in [0.15, 0.2) is 5.78 Å². The topological polar surface area (TPSA) is 64.4 Å². The van der Waals surface area contributed by atoms with Gasteiger partial charge < -0.3 is 14.4 Å². The summed E-state index contributed by atoms with van der Waals surface area (Å²) in [6, 6.07) is 17.3. The van der Waals surface area contributed by atoms with Crippen LogP contribution in [-0.2, 0) is 18.3 Å². The summed E-state index contributed by atoms with van der Waals surface area (Å²) in [5.74, 6) is 0.629. The second-order valence-corrected chi connectivity index (χ2v) is 6.97. The molecule has 1 unspecified atom stereocenters. The highest BCUT2D eigenvalue weighted by atomic mass is 16.5.